The molecule has 0 fully saturated rings. The van der Waals surface area contributed by atoms with Crippen molar-refractivity contribution in [2.45, 2.75) is 45.7 Å². The van der Waals surface area contributed by atoms with Gasteiger partial charge in [-0.15, -0.1) is 0 Å². The van der Waals surface area contributed by atoms with Crippen LogP contribution >= 0.6 is 0 Å². The molecule has 0 bridgehead atoms. The molecule has 1 aliphatic heterocycles. The molecule has 0 radical (unpaired) electrons. The van der Waals surface area contributed by atoms with Crippen molar-refractivity contribution in [1.82, 2.24) is 4.90 Å². The Bertz CT molecular complexity index is 489. The number of carbonyl (C=O) groups excluding carboxylic acids is 1. The first-order chi connectivity index (χ1) is 10.1. The second-order valence-electron chi connectivity index (χ2n) is 5.75. The number of aliphatic hydroxyl groups is 1. The summed E-state index contributed by atoms with van der Waals surface area (Å²) in [6.45, 7) is 7.45. The fourth-order valence-electron chi connectivity index (χ4n) is 3.14. The van der Waals surface area contributed by atoms with Gasteiger partial charge in [0.05, 0.1) is 12.6 Å². The van der Waals surface area contributed by atoms with Crippen LogP contribution in [0, 0.1) is 0 Å². The molecule has 1 heterocycles. The van der Waals surface area contributed by atoms with Gasteiger partial charge in [-0.1, -0.05) is 25.1 Å². The predicted octanol–water partition coefficient (Wildman–Crippen LogP) is 2.06. The van der Waals surface area contributed by atoms with E-state index < -0.39 is 0 Å². The lowest BCUT2D eigenvalue weighted by molar-refractivity contribution is -0.123. The summed E-state index contributed by atoms with van der Waals surface area (Å²) in [7, 11) is 0. The van der Waals surface area contributed by atoms with Gasteiger partial charge in [0.15, 0.2) is 0 Å². The Hall–Kier alpha value is -1.39. The molecule has 4 nitrogen and oxygen atoms in total. The van der Waals surface area contributed by atoms with Crippen molar-refractivity contribution in [1.29, 1.82) is 0 Å². The summed E-state index contributed by atoms with van der Waals surface area (Å²) < 4.78 is 0. The van der Waals surface area contributed by atoms with E-state index in [1.54, 1.807) is 0 Å². The van der Waals surface area contributed by atoms with Crippen molar-refractivity contribution < 1.29 is 9.90 Å². The van der Waals surface area contributed by atoms with Crippen LogP contribution < -0.4 is 4.90 Å². The van der Waals surface area contributed by atoms with Crippen molar-refractivity contribution in [2.24, 2.45) is 0 Å². The molecule has 21 heavy (non-hydrogen) atoms. The number of hydrogen-bond acceptors (Lipinski definition) is 3. The van der Waals surface area contributed by atoms with E-state index in [1.165, 1.54) is 5.56 Å². The lowest BCUT2D eigenvalue weighted by Gasteiger charge is -2.39. The quantitative estimate of drug-likeness (QED) is 0.902. The molecule has 2 unspecified atom stereocenters. The first kappa shape index (κ1) is 16.0. The van der Waals surface area contributed by atoms with Gasteiger partial charge in [0.1, 0.15) is 0 Å². The molecule has 1 aliphatic rings. The standard InChI is InChI=1S/C17H26N2O2/c1-4-18(11-12-20)14(3)17(21)19-13(2)9-10-15-7-5-6-8-16(15)19/h5-8,13-14,20H,4,9-12H2,1-3H3. The molecule has 1 amide bonds. The van der Waals surface area contributed by atoms with Gasteiger partial charge in [0, 0.05) is 18.3 Å². The van der Waals surface area contributed by atoms with Gasteiger partial charge >= 0.3 is 0 Å². The van der Waals surface area contributed by atoms with Gasteiger partial charge < -0.3 is 10.0 Å². The number of rotatable bonds is 5. The number of anilines is 1. The van der Waals surface area contributed by atoms with Crippen LogP contribution in [0.15, 0.2) is 24.3 Å². The first-order valence-electron chi connectivity index (χ1n) is 7.86. The van der Waals surface area contributed by atoms with E-state index in [9.17, 15) is 4.79 Å². The Morgan fingerprint density at radius 2 is 2.19 bits per heavy atom. The molecule has 0 aliphatic carbocycles. The fraction of sp³-hybridized carbons (Fsp3) is 0.588. The third kappa shape index (κ3) is 3.27. The number of nitrogens with zero attached hydrogens (tertiary/aromatic N) is 2. The van der Waals surface area contributed by atoms with E-state index in [-0.39, 0.29) is 24.6 Å². The Balaban J connectivity index is 2.25. The van der Waals surface area contributed by atoms with Crippen LogP contribution in [0.25, 0.3) is 0 Å². The topological polar surface area (TPSA) is 43.8 Å². The highest BCUT2D eigenvalue weighted by molar-refractivity contribution is 5.98. The normalized spacial score (nSPS) is 19.5. The molecular formula is C17H26N2O2. The molecule has 1 N–H and O–H groups in total. The van der Waals surface area contributed by atoms with Gasteiger partial charge in [0.2, 0.25) is 5.91 Å². The number of likely N-dealkylation sites (N-methyl/N-ethyl adjacent to an activating group) is 1. The maximum Gasteiger partial charge on any atom is 0.244 e. The second kappa shape index (κ2) is 7.05. The van der Waals surface area contributed by atoms with Gasteiger partial charge in [-0.2, -0.15) is 0 Å². The van der Waals surface area contributed by atoms with Crippen LogP contribution in [-0.4, -0.2) is 47.7 Å². The number of benzene rings is 1. The number of para-hydroxylation sites is 1. The highest BCUT2D eigenvalue weighted by Gasteiger charge is 2.32. The van der Waals surface area contributed by atoms with Crippen LogP contribution in [0.2, 0.25) is 0 Å². The average Bonchev–Trinajstić information content (AvgIpc) is 2.51. The van der Waals surface area contributed by atoms with Crippen LogP contribution in [0.1, 0.15) is 32.8 Å². The molecule has 4 heteroatoms. The number of amides is 1. The minimum atomic E-state index is -0.212. The Labute approximate surface area is 127 Å². The highest BCUT2D eigenvalue weighted by atomic mass is 16.3. The van der Waals surface area contributed by atoms with Crippen molar-refractivity contribution in [3.63, 3.8) is 0 Å². The SMILES string of the molecule is CCN(CCO)C(C)C(=O)N1c2ccccc2CCC1C. The predicted molar refractivity (Wildman–Crippen MR) is 85.5 cm³/mol. The zero-order valence-electron chi connectivity index (χ0n) is 13.2. The van der Waals surface area contributed by atoms with Gasteiger partial charge in [-0.25, -0.2) is 0 Å². The van der Waals surface area contributed by atoms with E-state index >= 15 is 0 Å². The summed E-state index contributed by atoms with van der Waals surface area (Å²) in [5, 5.41) is 9.15. The molecule has 0 saturated carbocycles. The van der Waals surface area contributed by atoms with Crippen LogP contribution in [0.4, 0.5) is 5.69 Å². The molecule has 0 aromatic heterocycles. The number of carbonyl (C=O) groups is 1. The molecule has 2 rings (SSSR count). The van der Waals surface area contributed by atoms with Crippen molar-refractivity contribution in [3.8, 4) is 0 Å². The van der Waals surface area contributed by atoms with Crippen molar-refractivity contribution in [2.75, 3.05) is 24.6 Å². The summed E-state index contributed by atoms with van der Waals surface area (Å²) in [5.41, 5.74) is 2.30. The molecule has 0 spiro atoms. The maximum absolute atomic E-state index is 12.9. The zero-order chi connectivity index (χ0) is 15.4. The summed E-state index contributed by atoms with van der Waals surface area (Å²) in [6, 6.07) is 8.19. The molecule has 1 aromatic rings. The molecule has 2 atom stereocenters. The fourth-order valence-corrected chi connectivity index (χ4v) is 3.14. The van der Waals surface area contributed by atoms with E-state index in [4.69, 9.17) is 5.11 Å². The molecular weight excluding hydrogens is 264 g/mol. The minimum absolute atomic E-state index is 0.0810. The highest BCUT2D eigenvalue weighted by Crippen LogP contribution is 2.31. The third-order valence-electron chi connectivity index (χ3n) is 4.46. The number of aryl methyl sites for hydroxylation is 1. The van der Waals surface area contributed by atoms with Crippen LogP contribution in [0.5, 0.6) is 0 Å². The van der Waals surface area contributed by atoms with E-state index in [0.29, 0.717) is 6.54 Å². The zero-order valence-corrected chi connectivity index (χ0v) is 13.2. The maximum atomic E-state index is 12.9. The Morgan fingerprint density at radius 3 is 2.86 bits per heavy atom. The summed E-state index contributed by atoms with van der Waals surface area (Å²) in [5.74, 6) is 0.130. The van der Waals surface area contributed by atoms with Gasteiger partial charge in [-0.3, -0.25) is 9.69 Å². The lowest BCUT2D eigenvalue weighted by Crippen LogP contribution is -2.52. The monoisotopic (exact) mass is 290 g/mol. The lowest BCUT2D eigenvalue weighted by atomic mass is 9.96. The smallest absolute Gasteiger partial charge is 0.244 e. The molecule has 1 aromatic carbocycles. The third-order valence-corrected chi connectivity index (χ3v) is 4.46. The summed E-state index contributed by atoms with van der Waals surface area (Å²) in [6.07, 6.45) is 2.03. The van der Waals surface area contributed by atoms with Crippen molar-refractivity contribution >= 4 is 11.6 Å². The van der Waals surface area contributed by atoms with Crippen LogP contribution in [-0.2, 0) is 11.2 Å². The Morgan fingerprint density at radius 1 is 1.48 bits per heavy atom. The molecule has 116 valence electrons. The van der Waals surface area contributed by atoms with Crippen molar-refractivity contribution in [3.05, 3.63) is 29.8 Å². The summed E-state index contributed by atoms with van der Waals surface area (Å²) >= 11 is 0. The second-order valence-corrected chi connectivity index (χ2v) is 5.75. The number of hydrogen-bond donors (Lipinski definition) is 1. The molecule has 0 saturated heterocycles. The number of fused-ring (bicyclic) bond motifs is 1. The number of aliphatic hydroxyl groups excluding tert-OH is 1. The van der Waals surface area contributed by atoms with Crippen LogP contribution in [0.3, 0.4) is 0 Å². The van der Waals surface area contributed by atoms with Gasteiger partial charge in [0.25, 0.3) is 0 Å². The average molecular weight is 290 g/mol. The van der Waals surface area contributed by atoms with E-state index in [2.05, 4.69) is 13.0 Å². The summed E-state index contributed by atoms with van der Waals surface area (Å²) in [4.78, 5) is 16.9. The minimum Gasteiger partial charge on any atom is -0.395 e. The first-order valence-corrected chi connectivity index (χ1v) is 7.86. The Kier molecular flexibility index (Phi) is 5.37. The van der Waals surface area contributed by atoms with E-state index in [1.807, 2.05) is 41.8 Å². The largest absolute Gasteiger partial charge is 0.395 e. The van der Waals surface area contributed by atoms with E-state index in [0.717, 1.165) is 25.1 Å². The van der Waals surface area contributed by atoms with Gasteiger partial charge in [-0.05, 0) is 44.9 Å².